The van der Waals surface area contributed by atoms with Gasteiger partial charge in [0.15, 0.2) is 0 Å². The van der Waals surface area contributed by atoms with E-state index in [2.05, 4.69) is 20.7 Å². The van der Waals surface area contributed by atoms with E-state index in [4.69, 9.17) is 0 Å². The minimum atomic E-state index is -3.76. The summed E-state index contributed by atoms with van der Waals surface area (Å²) >= 11 is 3.28. The van der Waals surface area contributed by atoms with Crippen molar-refractivity contribution in [2.24, 2.45) is 5.92 Å². The van der Waals surface area contributed by atoms with Crippen LogP contribution in [0.3, 0.4) is 0 Å². The molecule has 30 heavy (non-hydrogen) atoms. The van der Waals surface area contributed by atoms with Crippen LogP contribution in [0.2, 0.25) is 0 Å². The van der Waals surface area contributed by atoms with Crippen molar-refractivity contribution in [2.45, 2.75) is 17.7 Å². The predicted octanol–water partition coefficient (Wildman–Crippen LogP) is 2.94. The zero-order chi connectivity index (χ0) is 21.3. The van der Waals surface area contributed by atoms with Crippen molar-refractivity contribution in [3.05, 3.63) is 58.6 Å². The molecule has 1 N–H and O–H groups in total. The average molecular weight is 492 g/mol. The van der Waals surface area contributed by atoms with Crippen molar-refractivity contribution in [3.63, 3.8) is 0 Å². The van der Waals surface area contributed by atoms with Crippen molar-refractivity contribution in [1.29, 1.82) is 0 Å². The quantitative estimate of drug-likeness (QED) is 0.696. The molecule has 1 saturated carbocycles. The molecule has 2 aromatic carbocycles. The summed E-state index contributed by atoms with van der Waals surface area (Å²) in [6.07, 6.45) is 1.95. The van der Waals surface area contributed by atoms with Gasteiger partial charge in [-0.05, 0) is 55.3 Å². The van der Waals surface area contributed by atoms with Gasteiger partial charge in [0.05, 0.1) is 4.90 Å². The molecule has 1 aliphatic heterocycles. The van der Waals surface area contributed by atoms with Crippen LogP contribution in [0, 0.1) is 5.92 Å². The topological polar surface area (TPSA) is 86.8 Å². The number of sulfonamides is 1. The number of amides is 2. The molecule has 1 aliphatic carbocycles. The predicted molar refractivity (Wildman–Crippen MR) is 117 cm³/mol. The SMILES string of the molecule is O=C(c1cccc(NS(=O)(=O)c2ccc(Br)cc2)c1)N1CCN(C(=O)C2CC2)CC1. The van der Waals surface area contributed by atoms with Gasteiger partial charge in [-0.1, -0.05) is 22.0 Å². The fourth-order valence-corrected chi connectivity index (χ4v) is 4.76. The monoisotopic (exact) mass is 491 g/mol. The molecule has 7 nitrogen and oxygen atoms in total. The number of hydrogen-bond donors (Lipinski definition) is 1. The van der Waals surface area contributed by atoms with Crippen LogP contribution in [0.1, 0.15) is 23.2 Å². The van der Waals surface area contributed by atoms with Crippen molar-refractivity contribution in [3.8, 4) is 0 Å². The number of piperazine rings is 1. The first-order valence-corrected chi connectivity index (χ1v) is 12.1. The highest BCUT2D eigenvalue weighted by molar-refractivity contribution is 9.10. The van der Waals surface area contributed by atoms with Crippen LogP contribution in [0.15, 0.2) is 57.9 Å². The molecule has 158 valence electrons. The molecule has 0 unspecified atom stereocenters. The number of carbonyl (C=O) groups is 2. The standard InChI is InChI=1S/C21H22BrN3O4S/c22-17-6-8-19(9-7-17)30(28,29)23-18-3-1-2-16(14-18)21(27)25-12-10-24(11-13-25)20(26)15-4-5-15/h1-3,6-9,14-15,23H,4-5,10-13H2. The first-order valence-electron chi connectivity index (χ1n) is 9.80. The summed E-state index contributed by atoms with van der Waals surface area (Å²) < 4.78 is 28.5. The van der Waals surface area contributed by atoms with Gasteiger partial charge >= 0.3 is 0 Å². The lowest BCUT2D eigenvalue weighted by Gasteiger charge is -2.35. The van der Waals surface area contributed by atoms with E-state index in [1.165, 1.54) is 12.1 Å². The second-order valence-electron chi connectivity index (χ2n) is 7.53. The molecule has 0 bridgehead atoms. The van der Waals surface area contributed by atoms with E-state index in [-0.39, 0.29) is 22.6 Å². The van der Waals surface area contributed by atoms with Crippen molar-refractivity contribution < 1.29 is 18.0 Å². The molecule has 2 amide bonds. The molecule has 0 radical (unpaired) electrons. The summed E-state index contributed by atoms with van der Waals surface area (Å²) in [4.78, 5) is 28.7. The van der Waals surface area contributed by atoms with Crippen LogP contribution in [0.5, 0.6) is 0 Å². The summed E-state index contributed by atoms with van der Waals surface area (Å²) in [6, 6.07) is 12.8. The van der Waals surface area contributed by atoms with E-state index in [9.17, 15) is 18.0 Å². The first-order chi connectivity index (χ1) is 14.3. The van der Waals surface area contributed by atoms with Gasteiger partial charge in [0.1, 0.15) is 0 Å². The zero-order valence-electron chi connectivity index (χ0n) is 16.3. The van der Waals surface area contributed by atoms with Crippen LogP contribution >= 0.6 is 15.9 Å². The Labute approximate surface area is 184 Å². The number of hydrogen-bond acceptors (Lipinski definition) is 4. The van der Waals surface area contributed by atoms with Crippen molar-refractivity contribution in [1.82, 2.24) is 9.80 Å². The highest BCUT2D eigenvalue weighted by atomic mass is 79.9. The summed E-state index contributed by atoms with van der Waals surface area (Å²) in [7, 11) is -3.76. The lowest BCUT2D eigenvalue weighted by atomic mass is 10.1. The second-order valence-corrected chi connectivity index (χ2v) is 10.1. The summed E-state index contributed by atoms with van der Waals surface area (Å²) in [5.74, 6) is 0.215. The van der Waals surface area contributed by atoms with Crippen molar-refractivity contribution >= 4 is 43.5 Å². The smallest absolute Gasteiger partial charge is 0.261 e. The lowest BCUT2D eigenvalue weighted by Crippen LogP contribution is -2.51. The minimum absolute atomic E-state index is 0.138. The van der Waals surface area contributed by atoms with E-state index in [1.807, 2.05) is 4.90 Å². The molecule has 1 heterocycles. The van der Waals surface area contributed by atoms with Crippen LogP contribution in [0.25, 0.3) is 0 Å². The summed E-state index contributed by atoms with van der Waals surface area (Å²) in [6.45, 7) is 2.03. The van der Waals surface area contributed by atoms with Crippen LogP contribution in [0.4, 0.5) is 5.69 Å². The lowest BCUT2D eigenvalue weighted by molar-refractivity contribution is -0.134. The van der Waals surface area contributed by atoms with E-state index >= 15 is 0 Å². The van der Waals surface area contributed by atoms with Crippen LogP contribution in [-0.4, -0.2) is 56.2 Å². The van der Waals surface area contributed by atoms with Crippen LogP contribution in [-0.2, 0) is 14.8 Å². The molecule has 4 rings (SSSR count). The maximum atomic E-state index is 12.9. The third kappa shape index (κ3) is 4.67. The number of nitrogens with one attached hydrogen (secondary N) is 1. The third-order valence-electron chi connectivity index (χ3n) is 5.29. The van der Waals surface area contributed by atoms with Gasteiger partial charge in [-0.3, -0.25) is 14.3 Å². The normalized spacial score (nSPS) is 17.0. The van der Waals surface area contributed by atoms with Gasteiger partial charge in [0.2, 0.25) is 5.91 Å². The van der Waals surface area contributed by atoms with E-state index in [1.54, 1.807) is 41.3 Å². The summed E-state index contributed by atoms with van der Waals surface area (Å²) in [5.41, 5.74) is 0.735. The third-order valence-corrected chi connectivity index (χ3v) is 7.22. The van der Waals surface area contributed by atoms with E-state index < -0.39 is 10.0 Å². The number of anilines is 1. The van der Waals surface area contributed by atoms with Gasteiger partial charge < -0.3 is 9.80 Å². The molecule has 0 aromatic heterocycles. The van der Waals surface area contributed by atoms with Crippen molar-refractivity contribution in [2.75, 3.05) is 30.9 Å². The fraction of sp³-hybridized carbons (Fsp3) is 0.333. The Bertz CT molecular complexity index is 1060. The molecular weight excluding hydrogens is 470 g/mol. The Morgan fingerprint density at radius 3 is 2.20 bits per heavy atom. The van der Waals surface area contributed by atoms with Crippen LogP contribution < -0.4 is 4.72 Å². The van der Waals surface area contributed by atoms with E-state index in [0.717, 1.165) is 17.3 Å². The van der Waals surface area contributed by atoms with Gasteiger partial charge in [0.25, 0.3) is 15.9 Å². The van der Waals surface area contributed by atoms with Gasteiger partial charge in [0, 0.05) is 47.8 Å². The molecule has 2 aliphatic rings. The second kappa shape index (κ2) is 8.39. The number of rotatable bonds is 5. The number of benzene rings is 2. The molecule has 0 atom stereocenters. The first kappa shape index (κ1) is 20.9. The Balaban J connectivity index is 1.42. The molecule has 1 saturated heterocycles. The molecule has 9 heteroatoms. The molecular formula is C21H22BrN3O4S. The van der Waals surface area contributed by atoms with Gasteiger partial charge in [-0.15, -0.1) is 0 Å². The number of carbonyl (C=O) groups excluding carboxylic acids is 2. The number of halogens is 1. The molecule has 0 spiro atoms. The largest absolute Gasteiger partial charge is 0.339 e. The van der Waals surface area contributed by atoms with Gasteiger partial charge in [-0.25, -0.2) is 8.42 Å². The summed E-state index contributed by atoms with van der Waals surface area (Å²) in [5, 5.41) is 0. The maximum Gasteiger partial charge on any atom is 0.261 e. The molecule has 2 fully saturated rings. The Hall–Kier alpha value is -2.39. The maximum absolute atomic E-state index is 12.9. The highest BCUT2D eigenvalue weighted by Crippen LogP contribution is 2.31. The average Bonchev–Trinajstić information content (AvgIpc) is 3.58. The number of nitrogens with zero attached hydrogens (tertiary/aromatic N) is 2. The Morgan fingerprint density at radius 1 is 0.933 bits per heavy atom. The fourth-order valence-electron chi connectivity index (χ4n) is 3.44. The Morgan fingerprint density at radius 2 is 1.57 bits per heavy atom. The Kier molecular flexibility index (Phi) is 5.84. The minimum Gasteiger partial charge on any atom is -0.339 e. The molecule has 2 aromatic rings. The zero-order valence-corrected chi connectivity index (χ0v) is 18.7. The van der Waals surface area contributed by atoms with E-state index in [0.29, 0.717) is 37.4 Å². The highest BCUT2D eigenvalue weighted by Gasteiger charge is 2.35. The van der Waals surface area contributed by atoms with Gasteiger partial charge in [-0.2, -0.15) is 0 Å².